The van der Waals surface area contributed by atoms with Crippen molar-refractivity contribution in [3.05, 3.63) is 34.6 Å². The molecule has 4 heterocycles. The average molecular weight is 517 g/mol. The highest BCUT2D eigenvalue weighted by Gasteiger charge is 2.76. The van der Waals surface area contributed by atoms with E-state index < -0.39 is 12.0 Å². The normalized spacial score (nSPS) is 46.3. The van der Waals surface area contributed by atoms with Gasteiger partial charge in [-0.1, -0.05) is 12.1 Å². The summed E-state index contributed by atoms with van der Waals surface area (Å²) < 4.78 is 8.50. The van der Waals surface area contributed by atoms with E-state index in [-0.39, 0.29) is 28.8 Å². The number of hydrogen-bond acceptors (Lipinski definition) is 6. The van der Waals surface area contributed by atoms with Gasteiger partial charge in [0.2, 0.25) is 0 Å². The number of rotatable bonds is 4. The smallest absolute Gasteiger partial charge is 0.326 e. The van der Waals surface area contributed by atoms with E-state index in [0.717, 1.165) is 54.7 Å². The van der Waals surface area contributed by atoms with Crippen molar-refractivity contribution < 1.29 is 14.6 Å². The number of carboxylic acid groups (broad SMARTS) is 1. The van der Waals surface area contributed by atoms with Crippen LogP contribution in [0, 0.1) is 17.8 Å². The third-order valence-corrected chi connectivity index (χ3v) is 11.9. The Bertz CT molecular complexity index is 1430. The number of nitrogens with zero attached hydrogens (tertiary/aromatic N) is 4. The van der Waals surface area contributed by atoms with Crippen LogP contribution in [-0.2, 0) is 9.53 Å². The standard InChI is InChI=1S/C30H36N4O4/c1-28-13-20(33-22-5-3-2-4-21(22)31-25(26(33)35)32-7-6-23(32)27(36)37)14-30(15-24(30)38-16-28)34(28)29-11-17-8-18(12-29)10-19(29)9-17/h2-5,17-20,23-24H,6-16H2,1H3,(H,36,37)/t17-,18+,19?,20-,23-,24?,28?,29?,30+/m0/s1. The minimum atomic E-state index is -0.885. The van der Waals surface area contributed by atoms with Crippen LogP contribution in [0.1, 0.15) is 70.8 Å². The summed E-state index contributed by atoms with van der Waals surface area (Å²) in [5.41, 5.74) is 1.72. The Morgan fingerprint density at radius 2 is 1.84 bits per heavy atom. The molecule has 8 heteroatoms. The minimum Gasteiger partial charge on any atom is -0.480 e. The van der Waals surface area contributed by atoms with E-state index in [2.05, 4.69) is 11.8 Å². The zero-order valence-electron chi connectivity index (χ0n) is 22.0. The quantitative estimate of drug-likeness (QED) is 0.665. The zero-order valence-corrected chi connectivity index (χ0v) is 22.0. The van der Waals surface area contributed by atoms with Gasteiger partial charge < -0.3 is 19.3 Å². The minimum absolute atomic E-state index is 0.0135. The number of para-hydroxylation sites is 2. The summed E-state index contributed by atoms with van der Waals surface area (Å²) in [4.78, 5) is 35.5. The van der Waals surface area contributed by atoms with E-state index in [9.17, 15) is 14.7 Å². The number of aliphatic carboxylic acids is 1. The molecule has 3 aliphatic heterocycles. The average Bonchev–Trinajstić information content (AvgIpc) is 3.38. The SMILES string of the molecule is CC12COC3C[C@@]3(C[C@@H](n3c(=O)c(N4CC[C@H]4C(=O)O)nc4ccccc43)C1)N2C12C[C@@H]3CC1C[C@@H](C3)C2. The van der Waals surface area contributed by atoms with E-state index in [1.165, 1.54) is 32.1 Å². The van der Waals surface area contributed by atoms with Gasteiger partial charge in [0, 0.05) is 23.7 Å². The summed E-state index contributed by atoms with van der Waals surface area (Å²) in [6.45, 7) is 3.70. The fraction of sp³-hybridized carbons (Fsp3) is 0.700. The van der Waals surface area contributed by atoms with Crippen molar-refractivity contribution in [3.63, 3.8) is 0 Å². The predicted octanol–water partition coefficient (Wildman–Crippen LogP) is 3.58. The molecule has 5 aliphatic carbocycles. The Morgan fingerprint density at radius 1 is 1.05 bits per heavy atom. The Balaban J connectivity index is 1.17. The highest BCUT2D eigenvalue weighted by molar-refractivity contribution is 5.81. The number of fused-ring (bicyclic) bond motifs is 2. The summed E-state index contributed by atoms with van der Waals surface area (Å²) >= 11 is 0. The van der Waals surface area contributed by atoms with Gasteiger partial charge in [0.25, 0.3) is 5.56 Å². The lowest BCUT2D eigenvalue weighted by molar-refractivity contribution is -0.190. The molecule has 3 saturated heterocycles. The van der Waals surface area contributed by atoms with Gasteiger partial charge in [-0.2, -0.15) is 0 Å². The van der Waals surface area contributed by atoms with Crippen molar-refractivity contribution in [2.24, 2.45) is 17.8 Å². The van der Waals surface area contributed by atoms with Gasteiger partial charge in [-0.15, -0.1) is 0 Å². The first kappa shape index (κ1) is 22.4. The molecule has 8 fully saturated rings. The van der Waals surface area contributed by atoms with Crippen molar-refractivity contribution >= 4 is 22.8 Å². The van der Waals surface area contributed by atoms with Gasteiger partial charge in [0.05, 0.1) is 29.3 Å². The summed E-state index contributed by atoms with van der Waals surface area (Å²) in [5, 5.41) is 9.70. The van der Waals surface area contributed by atoms with E-state index in [4.69, 9.17) is 9.72 Å². The van der Waals surface area contributed by atoms with E-state index in [1.54, 1.807) is 4.90 Å². The van der Waals surface area contributed by atoms with Crippen LogP contribution in [-0.4, -0.2) is 67.4 Å². The van der Waals surface area contributed by atoms with Crippen LogP contribution in [0.15, 0.2) is 29.1 Å². The second kappa shape index (κ2) is 7.00. The maximum absolute atomic E-state index is 14.2. The van der Waals surface area contributed by atoms with Gasteiger partial charge >= 0.3 is 5.97 Å². The molecular weight excluding hydrogens is 480 g/mol. The summed E-state index contributed by atoms with van der Waals surface area (Å²) in [6, 6.07) is 7.27. The molecule has 5 saturated carbocycles. The molecule has 10 rings (SSSR count). The lowest BCUT2D eigenvalue weighted by Gasteiger charge is -2.63. The molecule has 9 atom stereocenters. The Labute approximate surface area is 222 Å². The van der Waals surface area contributed by atoms with Crippen molar-refractivity contribution in [2.45, 2.75) is 99.5 Å². The topological polar surface area (TPSA) is 87.9 Å². The second-order valence-corrected chi connectivity index (χ2v) is 14.1. The molecule has 0 amide bonds. The van der Waals surface area contributed by atoms with Gasteiger partial charge in [0.1, 0.15) is 6.04 Å². The van der Waals surface area contributed by atoms with E-state index in [1.807, 2.05) is 28.8 Å². The maximum Gasteiger partial charge on any atom is 0.326 e. The van der Waals surface area contributed by atoms with Crippen molar-refractivity contribution in [3.8, 4) is 0 Å². The summed E-state index contributed by atoms with van der Waals surface area (Å²) in [5.74, 6) is 2.04. The molecule has 1 N–H and O–H groups in total. The molecule has 8 nitrogen and oxygen atoms in total. The van der Waals surface area contributed by atoms with Crippen LogP contribution in [0.4, 0.5) is 5.82 Å². The van der Waals surface area contributed by atoms with Crippen LogP contribution in [0.5, 0.6) is 0 Å². The van der Waals surface area contributed by atoms with E-state index >= 15 is 0 Å². The number of carboxylic acids is 1. The molecule has 200 valence electrons. The molecule has 1 aromatic heterocycles. The number of aromatic nitrogens is 2. The van der Waals surface area contributed by atoms with Crippen LogP contribution in [0.25, 0.3) is 11.0 Å². The number of benzene rings is 1. The number of hydrogen-bond donors (Lipinski definition) is 1. The van der Waals surface area contributed by atoms with Gasteiger partial charge in [-0.05, 0) is 94.6 Å². The first-order chi connectivity index (χ1) is 18.3. The number of carbonyl (C=O) groups is 1. The molecule has 8 aliphatic rings. The molecule has 2 aromatic rings. The number of piperidine rings is 1. The number of ether oxygens (including phenoxy) is 1. The van der Waals surface area contributed by atoms with E-state index in [0.29, 0.717) is 24.3 Å². The Morgan fingerprint density at radius 3 is 2.58 bits per heavy atom. The Hall–Kier alpha value is -2.45. The fourth-order valence-electron chi connectivity index (χ4n) is 10.9. The van der Waals surface area contributed by atoms with Gasteiger partial charge in [0.15, 0.2) is 5.82 Å². The Kier molecular flexibility index (Phi) is 4.12. The molecule has 1 spiro atoms. The van der Waals surface area contributed by atoms with Gasteiger partial charge in [-0.25, -0.2) is 9.78 Å². The molecule has 38 heavy (non-hydrogen) atoms. The summed E-state index contributed by atoms with van der Waals surface area (Å²) in [7, 11) is 0. The van der Waals surface area contributed by atoms with Crippen LogP contribution >= 0.6 is 0 Å². The highest BCUT2D eigenvalue weighted by Crippen LogP contribution is 2.71. The van der Waals surface area contributed by atoms with Crippen molar-refractivity contribution in [1.82, 2.24) is 14.5 Å². The largest absolute Gasteiger partial charge is 0.480 e. The first-order valence-corrected chi connectivity index (χ1v) is 14.7. The molecule has 0 radical (unpaired) electrons. The van der Waals surface area contributed by atoms with Crippen LogP contribution in [0.2, 0.25) is 0 Å². The third-order valence-electron chi connectivity index (χ3n) is 11.9. The number of morpholine rings is 1. The second-order valence-electron chi connectivity index (χ2n) is 14.1. The maximum atomic E-state index is 14.2. The zero-order chi connectivity index (χ0) is 25.6. The first-order valence-electron chi connectivity index (χ1n) is 14.7. The van der Waals surface area contributed by atoms with Crippen LogP contribution in [0.3, 0.4) is 0 Å². The molecule has 4 unspecified atom stereocenters. The van der Waals surface area contributed by atoms with Crippen LogP contribution < -0.4 is 10.5 Å². The van der Waals surface area contributed by atoms with Crippen molar-refractivity contribution in [2.75, 3.05) is 18.1 Å². The fourth-order valence-corrected chi connectivity index (χ4v) is 10.9. The molecule has 6 bridgehead atoms. The monoisotopic (exact) mass is 516 g/mol. The number of anilines is 1. The molecule has 1 aromatic carbocycles. The van der Waals surface area contributed by atoms with Crippen molar-refractivity contribution in [1.29, 1.82) is 0 Å². The lowest BCUT2D eigenvalue weighted by atomic mass is 9.71. The predicted molar refractivity (Wildman–Crippen MR) is 141 cm³/mol. The van der Waals surface area contributed by atoms with Gasteiger partial charge in [-0.3, -0.25) is 9.69 Å². The third kappa shape index (κ3) is 2.62. The highest BCUT2D eigenvalue weighted by atomic mass is 16.5. The summed E-state index contributed by atoms with van der Waals surface area (Å²) in [6.07, 6.45) is 10.7. The lowest BCUT2D eigenvalue weighted by Crippen LogP contribution is -2.73. The molecular formula is C30H36N4O4.